The van der Waals surface area contributed by atoms with Crippen molar-refractivity contribution in [3.05, 3.63) is 17.3 Å². The average Bonchev–Trinajstić information content (AvgIpc) is 2.89. The highest BCUT2D eigenvalue weighted by atomic mass is 35.5. The van der Waals surface area contributed by atoms with Gasteiger partial charge in [0.25, 0.3) is 0 Å². The van der Waals surface area contributed by atoms with Crippen LogP contribution in [0.25, 0.3) is 0 Å². The van der Waals surface area contributed by atoms with E-state index in [0.717, 1.165) is 31.7 Å². The van der Waals surface area contributed by atoms with E-state index in [0.29, 0.717) is 17.6 Å². The number of carbonyl (C=O) groups excluding carboxylic acids is 1. The molecule has 6 nitrogen and oxygen atoms in total. The number of nitrogens with zero attached hydrogens (tertiary/aromatic N) is 4. The summed E-state index contributed by atoms with van der Waals surface area (Å²) in [7, 11) is 0. The second kappa shape index (κ2) is 6.15. The standard InChI is InChI=1S/C16H23ClN4O2/c1-16(2,3)23-15(22)20-8-6-11-7-9-21(12(11)10-20)14-5-4-13(17)18-19-14/h4-5,11-12H,6-10H2,1-3H3/t11-,12-/m0/s1. The van der Waals surface area contributed by atoms with Crippen LogP contribution < -0.4 is 4.90 Å². The summed E-state index contributed by atoms with van der Waals surface area (Å²) in [6.45, 7) is 8.04. The summed E-state index contributed by atoms with van der Waals surface area (Å²) < 4.78 is 5.51. The number of piperidine rings is 1. The van der Waals surface area contributed by atoms with Gasteiger partial charge in [0.15, 0.2) is 11.0 Å². The third-order valence-electron chi connectivity index (χ3n) is 4.43. The SMILES string of the molecule is CC(C)(C)OC(=O)N1CC[C@H]2CCN(c3ccc(Cl)nn3)[C@H]2C1. The normalized spacial score (nSPS) is 24.5. The molecule has 2 aliphatic rings. The van der Waals surface area contributed by atoms with E-state index in [1.165, 1.54) is 0 Å². The Morgan fingerprint density at radius 2 is 2.00 bits per heavy atom. The topological polar surface area (TPSA) is 58.6 Å². The fraction of sp³-hybridized carbons (Fsp3) is 0.688. The van der Waals surface area contributed by atoms with Crippen LogP contribution in [0.1, 0.15) is 33.6 Å². The first-order valence-electron chi connectivity index (χ1n) is 8.07. The molecule has 1 aromatic heterocycles. The lowest BCUT2D eigenvalue weighted by Crippen LogP contribution is -2.51. The number of hydrogen-bond donors (Lipinski definition) is 0. The van der Waals surface area contributed by atoms with Crippen LogP contribution in [0.3, 0.4) is 0 Å². The van der Waals surface area contributed by atoms with Crippen LogP contribution >= 0.6 is 11.6 Å². The molecule has 1 amide bonds. The molecule has 0 unspecified atom stereocenters. The fourth-order valence-electron chi connectivity index (χ4n) is 3.38. The van der Waals surface area contributed by atoms with Crippen LogP contribution in [-0.2, 0) is 4.74 Å². The van der Waals surface area contributed by atoms with Crippen LogP contribution in [0.2, 0.25) is 5.15 Å². The number of hydrogen-bond acceptors (Lipinski definition) is 5. The predicted molar refractivity (Wildman–Crippen MR) is 88.7 cm³/mol. The van der Waals surface area contributed by atoms with Gasteiger partial charge in [-0.3, -0.25) is 0 Å². The molecule has 23 heavy (non-hydrogen) atoms. The van der Waals surface area contributed by atoms with Gasteiger partial charge in [0.05, 0.1) is 6.04 Å². The Balaban J connectivity index is 1.71. The minimum atomic E-state index is -0.467. The van der Waals surface area contributed by atoms with Crippen molar-refractivity contribution in [1.29, 1.82) is 0 Å². The Bertz CT molecular complexity index is 572. The average molecular weight is 339 g/mol. The van der Waals surface area contributed by atoms with Crippen molar-refractivity contribution >= 4 is 23.5 Å². The quantitative estimate of drug-likeness (QED) is 0.788. The van der Waals surface area contributed by atoms with E-state index in [-0.39, 0.29) is 12.1 Å². The summed E-state index contributed by atoms with van der Waals surface area (Å²) in [4.78, 5) is 16.4. The van der Waals surface area contributed by atoms with Crippen molar-refractivity contribution in [2.45, 2.75) is 45.3 Å². The monoisotopic (exact) mass is 338 g/mol. The molecular weight excluding hydrogens is 316 g/mol. The smallest absolute Gasteiger partial charge is 0.410 e. The molecule has 0 radical (unpaired) electrons. The molecule has 2 fully saturated rings. The number of amides is 1. The van der Waals surface area contributed by atoms with Gasteiger partial charge in [-0.15, -0.1) is 10.2 Å². The fourth-order valence-corrected chi connectivity index (χ4v) is 3.48. The van der Waals surface area contributed by atoms with E-state index in [1.807, 2.05) is 31.7 Å². The Labute approximate surface area is 141 Å². The summed E-state index contributed by atoms with van der Waals surface area (Å²) in [5.41, 5.74) is -0.467. The molecule has 0 saturated carbocycles. The maximum Gasteiger partial charge on any atom is 0.410 e. The zero-order chi connectivity index (χ0) is 16.6. The zero-order valence-electron chi connectivity index (χ0n) is 13.8. The van der Waals surface area contributed by atoms with E-state index >= 15 is 0 Å². The molecule has 0 spiro atoms. The zero-order valence-corrected chi connectivity index (χ0v) is 14.6. The molecule has 2 atom stereocenters. The largest absolute Gasteiger partial charge is 0.444 e. The first-order valence-corrected chi connectivity index (χ1v) is 8.45. The minimum absolute atomic E-state index is 0.231. The molecule has 0 aromatic carbocycles. The van der Waals surface area contributed by atoms with Crippen molar-refractivity contribution in [3.63, 3.8) is 0 Å². The Morgan fingerprint density at radius 1 is 1.26 bits per heavy atom. The number of carbonyl (C=O) groups is 1. The van der Waals surface area contributed by atoms with Crippen molar-refractivity contribution < 1.29 is 9.53 Å². The molecule has 2 saturated heterocycles. The molecule has 0 aliphatic carbocycles. The van der Waals surface area contributed by atoms with Gasteiger partial charge in [0, 0.05) is 19.6 Å². The molecule has 3 rings (SSSR count). The maximum atomic E-state index is 12.3. The number of fused-ring (bicyclic) bond motifs is 1. The Morgan fingerprint density at radius 3 is 2.65 bits per heavy atom. The highest BCUT2D eigenvalue weighted by molar-refractivity contribution is 6.29. The van der Waals surface area contributed by atoms with E-state index in [2.05, 4.69) is 15.1 Å². The number of aromatic nitrogens is 2. The summed E-state index contributed by atoms with van der Waals surface area (Å²) in [5.74, 6) is 1.42. The molecule has 1 aromatic rings. The van der Waals surface area contributed by atoms with Gasteiger partial charge in [-0.2, -0.15) is 0 Å². The molecule has 126 valence electrons. The maximum absolute atomic E-state index is 12.3. The van der Waals surface area contributed by atoms with Crippen molar-refractivity contribution in [3.8, 4) is 0 Å². The van der Waals surface area contributed by atoms with E-state index in [1.54, 1.807) is 6.07 Å². The second-order valence-electron chi connectivity index (χ2n) is 7.24. The number of likely N-dealkylation sites (tertiary alicyclic amines) is 1. The third-order valence-corrected chi connectivity index (χ3v) is 4.63. The Kier molecular flexibility index (Phi) is 4.36. The molecule has 7 heteroatoms. The predicted octanol–water partition coefficient (Wildman–Crippen LogP) is 2.97. The van der Waals surface area contributed by atoms with Crippen LogP contribution in [0.4, 0.5) is 10.6 Å². The molecule has 2 aliphatic heterocycles. The highest BCUT2D eigenvalue weighted by Crippen LogP contribution is 2.34. The second-order valence-corrected chi connectivity index (χ2v) is 7.63. The van der Waals surface area contributed by atoms with Gasteiger partial charge in [-0.25, -0.2) is 4.79 Å². The molecule has 3 heterocycles. The molecule has 0 bridgehead atoms. The molecule has 0 N–H and O–H groups in total. The number of anilines is 1. The van der Waals surface area contributed by atoms with Crippen LogP contribution in [0.15, 0.2) is 12.1 Å². The van der Waals surface area contributed by atoms with E-state index < -0.39 is 5.60 Å². The lowest BCUT2D eigenvalue weighted by Gasteiger charge is -2.39. The van der Waals surface area contributed by atoms with Gasteiger partial charge < -0.3 is 14.5 Å². The summed E-state index contributed by atoms with van der Waals surface area (Å²) in [6.07, 6.45) is 1.89. The minimum Gasteiger partial charge on any atom is -0.444 e. The van der Waals surface area contributed by atoms with Crippen molar-refractivity contribution in [2.75, 3.05) is 24.5 Å². The van der Waals surface area contributed by atoms with Crippen molar-refractivity contribution in [2.24, 2.45) is 5.92 Å². The first-order chi connectivity index (χ1) is 10.8. The first kappa shape index (κ1) is 16.3. The third kappa shape index (κ3) is 3.68. The lowest BCUT2D eigenvalue weighted by molar-refractivity contribution is 0.0173. The van der Waals surface area contributed by atoms with E-state index in [9.17, 15) is 4.79 Å². The number of halogens is 1. The van der Waals surface area contributed by atoms with Crippen LogP contribution in [0, 0.1) is 5.92 Å². The number of ether oxygens (including phenoxy) is 1. The van der Waals surface area contributed by atoms with Crippen molar-refractivity contribution in [1.82, 2.24) is 15.1 Å². The van der Waals surface area contributed by atoms with Gasteiger partial charge in [-0.05, 0) is 51.7 Å². The summed E-state index contributed by atoms with van der Waals surface area (Å²) in [5, 5.41) is 8.51. The Hall–Kier alpha value is -1.56. The van der Waals surface area contributed by atoms with Crippen LogP contribution in [0.5, 0.6) is 0 Å². The van der Waals surface area contributed by atoms with Gasteiger partial charge >= 0.3 is 6.09 Å². The lowest BCUT2D eigenvalue weighted by atomic mass is 9.92. The highest BCUT2D eigenvalue weighted by Gasteiger charge is 2.41. The molecular formula is C16H23ClN4O2. The summed E-state index contributed by atoms with van der Waals surface area (Å²) in [6, 6.07) is 3.92. The van der Waals surface area contributed by atoms with E-state index in [4.69, 9.17) is 16.3 Å². The van der Waals surface area contributed by atoms with Crippen LogP contribution in [-0.4, -0.2) is 52.5 Å². The summed E-state index contributed by atoms with van der Waals surface area (Å²) >= 11 is 5.82. The van der Waals surface area contributed by atoms with Gasteiger partial charge in [-0.1, -0.05) is 11.6 Å². The number of rotatable bonds is 1. The van der Waals surface area contributed by atoms with Gasteiger partial charge in [0.2, 0.25) is 0 Å². The van der Waals surface area contributed by atoms with Gasteiger partial charge in [0.1, 0.15) is 5.60 Å².